The predicted octanol–water partition coefficient (Wildman–Crippen LogP) is 2.14. The summed E-state index contributed by atoms with van der Waals surface area (Å²) in [5.41, 5.74) is -0.201. The fourth-order valence-electron chi connectivity index (χ4n) is 2.43. The van der Waals surface area contributed by atoms with Crippen molar-refractivity contribution in [1.29, 1.82) is 0 Å². The fraction of sp³-hybridized carbons (Fsp3) is 0.412. The standard InChI is InChI=1S/C17H21NO6/c1-4-18-10-12(17(20)21)16(19)11-8-14(24-7-6-22-3)15(23-5-2)9-13(11)18/h8-10H,4-7H2,1-3H3,(H,20,21). The Balaban J connectivity index is 2.68. The summed E-state index contributed by atoms with van der Waals surface area (Å²) in [5, 5.41) is 9.53. The fourth-order valence-corrected chi connectivity index (χ4v) is 2.43. The van der Waals surface area contributed by atoms with E-state index in [-0.39, 0.29) is 10.9 Å². The molecule has 0 saturated heterocycles. The van der Waals surface area contributed by atoms with Crippen LogP contribution in [-0.2, 0) is 11.3 Å². The maximum Gasteiger partial charge on any atom is 0.341 e. The number of fused-ring (bicyclic) bond motifs is 1. The molecule has 0 atom stereocenters. The Kier molecular flexibility index (Phi) is 5.81. The third-order valence-electron chi connectivity index (χ3n) is 3.56. The monoisotopic (exact) mass is 335 g/mol. The van der Waals surface area contributed by atoms with Gasteiger partial charge in [0.1, 0.15) is 12.2 Å². The highest BCUT2D eigenvalue weighted by atomic mass is 16.5. The van der Waals surface area contributed by atoms with E-state index >= 15 is 0 Å². The molecule has 0 spiro atoms. The van der Waals surface area contributed by atoms with Gasteiger partial charge in [0.05, 0.1) is 24.1 Å². The average Bonchev–Trinajstić information content (AvgIpc) is 2.56. The number of hydrogen-bond donors (Lipinski definition) is 1. The maximum absolute atomic E-state index is 12.5. The van der Waals surface area contributed by atoms with E-state index in [0.717, 1.165) is 0 Å². The molecule has 1 aromatic heterocycles. The second-order valence-electron chi connectivity index (χ2n) is 5.05. The van der Waals surface area contributed by atoms with Gasteiger partial charge in [-0.05, 0) is 19.9 Å². The molecule has 2 rings (SSSR count). The zero-order chi connectivity index (χ0) is 17.7. The second-order valence-corrected chi connectivity index (χ2v) is 5.05. The molecular weight excluding hydrogens is 314 g/mol. The van der Waals surface area contributed by atoms with Gasteiger partial charge in [0.2, 0.25) is 5.43 Å². The van der Waals surface area contributed by atoms with Crippen molar-refractivity contribution in [2.24, 2.45) is 0 Å². The summed E-state index contributed by atoms with van der Waals surface area (Å²) in [5.74, 6) is -0.352. The first-order valence-electron chi connectivity index (χ1n) is 7.72. The first-order chi connectivity index (χ1) is 11.5. The Morgan fingerprint density at radius 2 is 1.88 bits per heavy atom. The highest BCUT2D eigenvalue weighted by Crippen LogP contribution is 2.32. The Hall–Kier alpha value is -2.54. The zero-order valence-electron chi connectivity index (χ0n) is 14.0. The number of aromatic nitrogens is 1. The maximum atomic E-state index is 12.5. The van der Waals surface area contributed by atoms with Gasteiger partial charge in [-0.1, -0.05) is 0 Å². The number of carboxylic acid groups (broad SMARTS) is 1. The summed E-state index contributed by atoms with van der Waals surface area (Å²) in [6.07, 6.45) is 1.36. The van der Waals surface area contributed by atoms with Gasteiger partial charge in [-0.2, -0.15) is 0 Å². The van der Waals surface area contributed by atoms with Crippen LogP contribution in [0.3, 0.4) is 0 Å². The van der Waals surface area contributed by atoms with Crippen molar-refractivity contribution in [3.8, 4) is 11.5 Å². The molecule has 0 bridgehead atoms. The lowest BCUT2D eigenvalue weighted by atomic mass is 10.1. The van der Waals surface area contributed by atoms with Crippen molar-refractivity contribution in [2.75, 3.05) is 26.9 Å². The minimum atomic E-state index is -1.25. The molecule has 0 radical (unpaired) electrons. The molecule has 0 aliphatic heterocycles. The first-order valence-corrected chi connectivity index (χ1v) is 7.72. The number of aryl methyl sites for hydroxylation is 1. The lowest BCUT2D eigenvalue weighted by Gasteiger charge is -2.16. The SMILES string of the molecule is CCOc1cc2c(cc1OCCOC)c(=O)c(C(=O)O)cn2CC. The molecule has 7 nitrogen and oxygen atoms in total. The van der Waals surface area contributed by atoms with E-state index in [9.17, 15) is 14.7 Å². The van der Waals surface area contributed by atoms with Crippen molar-refractivity contribution in [3.63, 3.8) is 0 Å². The Bertz CT molecular complexity index is 796. The van der Waals surface area contributed by atoms with Crippen LogP contribution in [-0.4, -0.2) is 42.6 Å². The molecule has 0 aliphatic rings. The molecule has 0 unspecified atom stereocenters. The number of rotatable bonds is 8. The minimum absolute atomic E-state index is 0.267. The first kappa shape index (κ1) is 17.8. The molecule has 2 aromatic rings. The minimum Gasteiger partial charge on any atom is -0.490 e. The van der Waals surface area contributed by atoms with Crippen LogP contribution < -0.4 is 14.9 Å². The van der Waals surface area contributed by atoms with Crippen molar-refractivity contribution >= 4 is 16.9 Å². The zero-order valence-corrected chi connectivity index (χ0v) is 14.0. The largest absolute Gasteiger partial charge is 0.490 e. The molecule has 130 valence electrons. The van der Waals surface area contributed by atoms with Gasteiger partial charge in [0.25, 0.3) is 0 Å². The van der Waals surface area contributed by atoms with Crippen LogP contribution in [0.4, 0.5) is 0 Å². The summed E-state index contributed by atoms with van der Waals surface area (Å²) in [6, 6.07) is 3.24. The van der Waals surface area contributed by atoms with Gasteiger partial charge in [0, 0.05) is 25.9 Å². The summed E-state index contributed by atoms with van der Waals surface area (Å²) in [4.78, 5) is 23.8. The number of methoxy groups -OCH3 is 1. The van der Waals surface area contributed by atoms with E-state index in [1.807, 2.05) is 13.8 Å². The molecule has 1 aromatic carbocycles. The van der Waals surface area contributed by atoms with Gasteiger partial charge in [-0.3, -0.25) is 4.79 Å². The Labute approximate surface area is 139 Å². The Morgan fingerprint density at radius 3 is 2.46 bits per heavy atom. The van der Waals surface area contributed by atoms with Crippen LogP contribution in [0.5, 0.6) is 11.5 Å². The van der Waals surface area contributed by atoms with Gasteiger partial charge in [0.15, 0.2) is 11.5 Å². The van der Waals surface area contributed by atoms with Crippen LogP contribution in [0.2, 0.25) is 0 Å². The topological polar surface area (TPSA) is 87.0 Å². The van der Waals surface area contributed by atoms with E-state index in [1.165, 1.54) is 12.3 Å². The third kappa shape index (κ3) is 3.51. The molecule has 0 fully saturated rings. The highest BCUT2D eigenvalue weighted by molar-refractivity contribution is 5.93. The van der Waals surface area contributed by atoms with E-state index < -0.39 is 11.4 Å². The number of carbonyl (C=O) groups is 1. The lowest BCUT2D eigenvalue weighted by molar-refractivity contribution is 0.0695. The number of aromatic carboxylic acids is 1. The van der Waals surface area contributed by atoms with Crippen LogP contribution in [0, 0.1) is 0 Å². The number of ether oxygens (including phenoxy) is 3. The predicted molar refractivity (Wildman–Crippen MR) is 89.4 cm³/mol. The lowest BCUT2D eigenvalue weighted by Crippen LogP contribution is -2.19. The molecule has 0 aliphatic carbocycles. The molecule has 24 heavy (non-hydrogen) atoms. The van der Waals surface area contributed by atoms with Crippen molar-refractivity contribution in [3.05, 3.63) is 34.1 Å². The van der Waals surface area contributed by atoms with Gasteiger partial charge in [-0.15, -0.1) is 0 Å². The van der Waals surface area contributed by atoms with Gasteiger partial charge >= 0.3 is 5.97 Å². The normalized spacial score (nSPS) is 10.8. The molecule has 1 N–H and O–H groups in total. The average molecular weight is 335 g/mol. The van der Waals surface area contributed by atoms with Gasteiger partial charge in [-0.25, -0.2) is 4.79 Å². The molecule has 7 heteroatoms. The van der Waals surface area contributed by atoms with Crippen LogP contribution in [0.1, 0.15) is 24.2 Å². The smallest absolute Gasteiger partial charge is 0.341 e. The quantitative estimate of drug-likeness (QED) is 0.744. The molecule has 0 saturated carbocycles. The second kappa shape index (κ2) is 7.83. The highest BCUT2D eigenvalue weighted by Gasteiger charge is 2.17. The number of benzene rings is 1. The van der Waals surface area contributed by atoms with Crippen molar-refractivity contribution in [2.45, 2.75) is 20.4 Å². The molecule has 0 amide bonds. The number of hydrogen-bond acceptors (Lipinski definition) is 5. The van der Waals surface area contributed by atoms with Crippen LogP contribution >= 0.6 is 0 Å². The third-order valence-corrected chi connectivity index (χ3v) is 3.56. The summed E-state index contributed by atoms with van der Waals surface area (Å²) in [7, 11) is 1.56. The van der Waals surface area contributed by atoms with Crippen molar-refractivity contribution in [1.82, 2.24) is 4.57 Å². The number of pyridine rings is 1. The van der Waals surface area contributed by atoms with E-state index in [4.69, 9.17) is 14.2 Å². The Morgan fingerprint density at radius 1 is 1.17 bits per heavy atom. The van der Waals surface area contributed by atoms with E-state index in [1.54, 1.807) is 17.7 Å². The summed E-state index contributed by atoms with van der Waals surface area (Å²) in [6.45, 7) is 5.37. The summed E-state index contributed by atoms with van der Waals surface area (Å²) >= 11 is 0. The summed E-state index contributed by atoms with van der Waals surface area (Å²) < 4.78 is 17.9. The van der Waals surface area contributed by atoms with Crippen molar-refractivity contribution < 1.29 is 24.1 Å². The van der Waals surface area contributed by atoms with E-state index in [2.05, 4.69) is 0 Å². The molecule has 1 heterocycles. The van der Waals surface area contributed by atoms with E-state index in [0.29, 0.717) is 43.4 Å². The van der Waals surface area contributed by atoms with Crippen LogP contribution in [0.15, 0.2) is 23.1 Å². The number of nitrogens with zero attached hydrogens (tertiary/aromatic N) is 1. The number of carboxylic acids is 1. The molecular formula is C17H21NO6. The van der Waals surface area contributed by atoms with Gasteiger partial charge < -0.3 is 23.9 Å². The van der Waals surface area contributed by atoms with Crippen LogP contribution in [0.25, 0.3) is 10.9 Å².